The average molecular weight is 155 g/mol. The van der Waals surface area contributed by atoms with Crippen LogP contribution >= 0.6 is 0 Å². The predicted molar refractivity (Wildman–Crippen MR) is 45.2 cm³/mol. The van der Waals surface area contributed by atoms with Gasteiger partial charge >= 0.3 is 0 Å². The third-order valence-electron chi connectivity index (χ3n) is 2.74. The summed E-state index contributed by atoms with van der Waals surface area (Å²) in [7, 11) is 1.72. The molecule has 1 rings (SSSR count). The molecule has 0 heterocycles. The molecule has 1 amide bonds. The molecule has 0 aromatic rings. The molecule has 0 spiro atoms. The van der Waals surface area contributed by atoms with Gasteiger partial charge < -0.3 is 5.32 Å². The fourth-order valence-corrected chi connectivity index (χ4v) is 1.89. The van der Waals surface area contributed by atoms with Crippen molar-refractivity contribution in [2.45, 2.75) is 32.6 Å². The molecule has 0 aromatic heterocycles. The molecule has 1 fully saturated rings. The molecule has 0 bridgehead atoms. The van der Waals surface area contributed by atoms with Crippen LogP contribution in [0.4, 0.5) is 0 Å². The molecule has 1 N–H and O–H groups in total. The van der Waals surface area contributed by atoms with Crippen molar-refractivity contribution in [1.82, 2.24) is 5.32 Å². The van der Waals surface area contributed by atoms with Gasteiger partial charge in [0.05, 0.1) is 0 Å². The number of amides is 1. The topological polar surface area (TPSA) is 29.1 Å². The monoisotopic (exact) mass is 155 g/mol. The van der Waals surface area contributed by atoms with Gasteiger partial charge in [-0.05, 0) is 25.2 Å². The van der Waals surface area contributed by atoms with Crippen LogP contribution in [-0.4, -0.2) is 13.0 Å². The van der Waals surface area contributed by atoms with E-state index in [1.54, 1.807) is 7.05 Å². The largest absolute Gasteiger partial charge is 0.359 e. The van der Waals surface area contributed by atoms with Gasteiger partial charge in [0.25, 0.3) is 0 Å². The summed E-state index contributed by atoms with van der Waals surface area (Å²) in [6.45, 7) is 2.21. The zero-order valence-electron chi connectivity index (χ0n) is 7.39. The molecule has 2 unspecified atom stereocenters. The molecule has 0 aliphatic heterocycles. The van der Waals surface area contributed by atoms with Crippen LogP contribution in [0, 0.1) is 11.8 Å². The minimum atomic E-state index is 0.237. The quantitative estimate of drug-likeness (QED) is 0.644. The predicted octanol–water partition coefficient (Wildman–Crippen LogP) is 1.56. The first kappa shape index (κ1) is 8.57. The fraction of sp³-hybridized carbons (Fsp3) is 0.889. The molecule has 2 nitrogen and oxygen atoms in total. The Bertz CT molecular complexity index is 144. The Balaban J connectivity index is 2.35. The van der Waals surface area contributed by atoms with E-state index < -0.39 is 0 Å². The van der Waals surface area contributed by atoms with Crippen molar-refractivity contribution in [3.05, 3.63) is 0 Å². The smallest absolute Gasteiger partial charge is 0.222 e. The van der Waals surface area contributed by atoms with E-state index in [1.165, 1.54) is 12.8 Å². The summed E-state index contributed by atoms with van der Waals surface area (Å²) in [5.74, 6) is 1.35. The van der Waals surface area contributed by atoms with Crippen molar-refractivity contribution in [1.29, 1.82) is 0 Å². The Morgan fingerprint density at radius 3 is 2.73 bits per heavy atom. The van der Waals surface area contributed by atoms with Crippen LogP contribution in [0.2, 0.25) is 0 Å². The van der Waals surface area contributed by atoms with E-state index in [9.17, 15) is 4.79 Å². The van der Waals surface area contributed by atoms with E-state index in [4.69, 9.17) is 0 Å². The maximum Gasteiger partial charge on any atom is 0.222 e. The number of rotatable bonds is 2. The highest BCUT2D eigenvalue weighted by molar-refractivity contribution is 5.78. The van der Waals surface area contributed by atoms with Gasteiger partial charge in [0.1, 0.15) is 0 Å². The average Bonchev–Trinajstić information content (AvgIpc) is 2.50. The number of carbonyl (C=O) groups is 1. The summed E-state index contributed by atoms with van der Waals surface area (Å²) in [6.07, 6.45) is 4.68. The summed E-state index contributed by atoms with van der Waals surface area (Å²) in [4.78, 5) is 11.2. The second-order valence-corrected chi connectivity index (χ2v) is 3.40. The minimum Gasteiger partial charge on any atom is -0.359 e. The molecule has 0 radical (unpaired) electrons. The van der Waals surface area contributed by atoms with E-state index in [1.807, 2.05) is 0 Å². The highest BCUT2D eigenvalue weighted by atomic mass is 16.1. The zero-order valence-corrected chi connectivity index (χ0v) is 7.39. The van der Waals surface area contributed by atoms with Gasteiger partial charge in [-0.25, -0.2) is 0 Å². The van der Waals surface area contributed by atoms with Crippen LogP contribution in [0.3, 0.4) is 0 Å². The molecule has 2 atom stereocenters. The third-order valence-corrected chi connectivity index (χ3v) is 2.74. The number of hydrogen-bond donors (Lipinski definition) is 1. The summed E-state index contributed by atoms with van der Waals surface area (Å²) < 4.78 is 0. The van der Waals surface area contributed by atoms with Gasteiger partial charge in [-0.2, -0.15) is 0 Å². The third kappa shape index (κ3) is 1.95. The Hall–Kier alpha value is -0.530. The molecular weight excluding hydrogens is 138 g/mol. The highest BCUT2D eigenvalue weighted by Gasteiger charge is 2.27. The maximum absolute atomic E-state index is 11.2. The van der Waals surface area contributed by atoms with E-state index in [2.05, 4.69) is 12.2 Å². The first-order valence-electron chi connectivity index (χ1n) is 4.49. The Kier molecular flexibility index (Phi) is 2.92. The number of nitrogens with one attached hydrogen (secondary N) is 1. The Morgan fingerprint density at radius 2 is 2.27 bits per heavy atom. The number of carbonyl (C=O) groups excluding carboxylic acids is 1. The SMILES string of the molecule is CCC1CCC(C(=O)NC)C1. The normalized spacial score (nSPS) is 30.4. The van der Waals surface area contributed by atoms with Gasteiger partial charge in [0, 0.05) is 13.0 Å². The lowest BCUT2D eigenvalue weighted by atomic mass is 10.0. The van der Waals surface area contributed by atoms with Crippen molar-refractivity contribution < 1.29 is 4.79 Å². The van der Waals surface area contributed by atoms with Gasteiger partial charge in [0.15, 0.2) is 0 Å². The van der Waals surface area contributed by atoms with E-state index in [-0.39, 0.29) is 5.91 Å². The maximum atomic E-state index is 11.2. The molecule has 64 valence electrons. The zero-order chi connectivity index (χ0) is 8.27. The molecule has 0 aromatic carbocycles. The highest BCUT2D eigenvalue weighted by Crippen LogP contribution is 2.32. The van der Waals surface area contributed by atoms with Crippen LogP contribution in [0.25, 0.3) is 0 Å². The first-order valence-corrected chi connectivity index (χ1v) is 4.49. The molecule has 0 saturated heterocycles. The lowest BCUT2D eigenvalue weighted by Crippen LogP contribution is -2.25. The van der Waals surface area contributed by atoms with E-state index >= 15 is 0 Å². The van der Waals surface area contributed by atoms with Crippen LogP contribution in [0.15, 0.2) is 0 Å². The van der Waals surface area contributed by atoms with E-state index in [0.29, 0.717) is 5.92 Å². The van der Waals surface area contributed by atoms with Crippen LogP contribution < -0.4 is 5.32 Å². The van der Waals surface area contributed by atoms with Gasteiger partial charge in [-0.15, -0.1) is 0 Å². The van der Waals surface area contributed by atoms with Gasteiger partial charge in [-0.1, -0.05) is 13.3 Å². The fourth-order valence-electron chi connectivity index (χ4n) is 1.89. The van der Waals surface area contributed by atoms with Crippen molar-refractivity contribution >= 4 is 5.91 Å². The molecule has 1 aliphatic rings. The van der Waals surface area contributed by atoms with Crippen LogP contribution in [0.1, 0.15) is 32.6 Å². The molecule has 1 aliphatic carbocycles. The summed E-state index contributed by atoms with van der Waals surface area (Å²) in [6, 6.07) is 0. The second kappa shape index (κ2) is 3.74. The van der Waals surface area contributed by atoms with Crippen molar-refractivity contribution in [2.75, 3.05) is 7.05 Å². The summed E-state index contributed by atoms with van der Waals surface area (Å²) in [5.41, 5.74) is 0. The van der Waals surface area contributed by atoms with Gasteiger partial charge in [0.2, 0.25) is 5.91 Å². The Morgan fingerprint density at radius 1 is 1.55 bits per heavy atom. The van der Waals surface area contributed by atoms with Gasteiger partial charge in [-0.3, -0.25) is 4.79 Å². The summed E-state index contributed by atoms with van der Waals surface area (Å²) in [5, 5.41) is 2.71. The first-order chi connectivity index (χ1) is 5.27. The number of hydrogen-bond acceptors (Lipinski definition) is 1. The molecule has 1 saturated carbocycles. The van der Waals surface area contributed by atoms with Crippen LogP contribution in [-0.2, 0) is 4.79 Å². The minimum absolute atomic E-state index is 0.237. The van der Waals surface area contributed by atoms with Crippen molar-refractivity contribution in [2.24, 2.45) is 11.8 Å². The summed E-state index contributed by atoms with van der Waals surface area (Å²) >= 11 is 0. The Labute approximate surface area is 68.4 Å². The van der Waals surface area contributed by atoms with Crippen LogP contribution in [0.5, 0.6) is 0 Å². The lowest BCUT2D eigenvalue weighted by molar-refractivity contribution is -0.124. The van der Waals surface area contributed by atoms with Crippen molar-refractivity contribution in [3.63, 3.8) is 0 Å². The molecule has 11 heavy (non-hydrogen) atoms. The van der Waals surface area contributed by atoms with Crippen molar-refractivity contribution in [3.8, 4) is 0 Å². The van der Waals surface area contributed by atoms with E-state index in [0.717, 1.165) is 18.8 Å². The second-order valence-electron chi connectivity index (χ2n) is 3.40. The standard InChI is InChI=1S/C9H17NO/c1-3-7-4-5-8(6-7)9(11)10-2/h7-8H,3-6H2,1-2H3,(H,10,11). The molecule has 2 heteroatoms. The lowest BCUT2D eigenvalue weighted by Gasteiger charge is -2.07. The molecular formula is C9H17NO.